The minimum atomic E-state index is 0.0140. The van der Waals surface area contributed by atoms with Crippen LogP contribution in [0, 0.1) is 0 Å². The van der Waals surface area contributed by atoms with E-state index in [4.69, 9.17) is 4.42 Å². The monoisotopic (exact) mass is 289 g/mol. The lowest BCUT2D eigenvalue weighted by Crippen LogP contribution is -2.42. The van der Waals surface area contributed by atoms with Crippen LogP contribution in [0.15, 0.2) is 29.1 Å². The maximum Gasteiger partial charge on any atom is 0.261 e. The van der Waals surface area contributed by atoms with Crippen LogP contribution in [0.5, 0.6) is 0 Å². The third-order valence-corrected chi connectivity index (χ3v) is 5.22. The topological polar surface area (TPSA) is 67.2 Å². The molecule has 0 aliphatic carbocycles. The molecule has 2 aromatic heterocycles. The van der Waals surface area contributed by atoms with Crippen LogP contribution in [0.25, 0.3) is 10.6 Å². The fourth-order valence-corrected chi connectivity index (χ4v) is 4.02. The van der Waals surface area contributed by atoms with Gasteiger partial charge in [0.2, 0.25) is 0 Å². The number of hydrogen-bond donors (Lipinski definition) is 2. The minimum Gasteiger partial charge on any atom is -0.443 e. The van der Waals surface area contributed by atoms with E-state index in [2.05, 4.69) is 15.6 Å². The van der Waals surface area contributed by atoms with E-state index < -0.39 is 0 Å². The molecule has 2 N–H and O–H groups in total. The lowest BCUT2D eigenvalue weighted by Gasteiger charge is -2.20. The maximum atomic E-state index is 12.3. The van der Waals surface area contributed by atoms with Crippen LogP contribution >= 0.6 is 11.3 Å². The summed E-state index contributed by atoms with van der Waals surface area (Å²) in [7, 11) is 0. The number of thiophene rings is 1. The molecule has 0 spiro atoms. The first kappa shape index (κ1) is 12.1. The van der Waals surface area contributed by atoms with Gasteiger partial charge >= 0.3 is 0 Å². The predicted octanol–water partition coefficient (Wildman–Crippen LogP) is 2.03. The number of hydrogen-bond acceptors (Lipinski definition) is 5. The Balaban J connectivity index is 1.46. The van der Waals surface area contributed by atoms with Crippen molar-refractivity contribution in [2.24, 2.45) is 0 Å². The largest absolute Gasteiger partial charge is 0.443 e. The SMILES string of the molecule is O=C(NC1CC2CCC1N2)c1ccc(-c2cnco2)s1. The molecule has 1 amide bonds. The maximum absolute atomic E-state index is 12.3. The minimum absolute atomic E-state index is 0.0140. The van der Waals surface area contributed by atoms with E-state index in [9.17, 15) is 4.79 Å². The summed E-state index contributed by atoms with van der Waals surface area (Å²) in [5.74, 6) is 0.718. The highest BCUT2D eigenvalue weighted by Gasteiger charge is 2.39. The van der Waals surface area contributed by atoms with Crippen molar-refractivity contribution in [3.05, 3.63) is 29.6 Å². The molecule has 2 fully saturated rings. The van der Waals surface area contributed by atoms with Crippen molar-refractivity contribution in [2.75, 3.05) is 0 Å². The summed E-state index contributed by atoms with van der Waals surface area (Å²) in [4.78, 5) is 17.8. The highest BCUT2D eigenvalue weighted by molar-refractivity contribution is 7.17. The highest BCUT2D eigenvalue weighted by atomic mass is 32.1. The van der Waals surface area contributed by atoms with Gasteiger partial charge in [-0.3, -0.25) is 4.79 Å². The van der Waals surface area contributed by atoms with Gasteiger partial charge in [0.25, 0.3) is 5.91 Å². The smallest absolute Gasteiger partial charge is 0.261 e. The van der Waals surface area contributed by atoms with Crippen LogP contribution in [-0.2, 0) is 0 Å². The molecule has 2 aliphatic rings. The Hall–Kier alpha value is -1.66. The molecular formula is C14H15N3O2S. The summed E-state index contributed by atoms with van der Waals surface area (Å²) in [5.41, 5.74) is 0. The van der Waals surface area contributed by atoms with Gasteiger partial charge in [0.15, 0.2) is 12.2 Å². The number of oxazole rings is 1. The average molecular weight is 289 g/mol. The zero-order valence-corrected chi connectivity index (χ0v) is 11.7. The molecule has 4 heterocycles. The predicted molar refractivity (Wildman–Crippen MR) is 75.6 cm³/mol. The van der Waals surface area contributed by atoms with Gasteiger partial charge in [0, 0.05) is 18.1 Å². The number of amides is 1. The normalized spacial score (nSPS) is 27.9. The number of nitrogens with zero attached hydrogens (tertiary/aromatic N) is 1. The molecule has 0 radical (unpaired) electrons. The standard InChI is InChI=1S/C14H15N3O2S/c18-14(17-10-5-8-1-2-9(10)16-8)13-4-3-12(20-13)11-6-15-7-19-11/h3-4,6-10,16H,1-2,5H2,(H,17,18). The van der Waals surface area contributed by atoms with Crippen molar-refractivity contribution in [1.29, 1.82) is 0 Å². The van der Waals surface area contributed by atoms with Gasteiger partial charge in [-0.05, 0) is 31.4 Å². The molecule has 0 aromatic carbocycles. The first-order chi connectivity index (χ1) is 9.79. The summed E-state index contributed by atoms with van der Waals surface area (Å²) in [6.45, 7) is 0. The van der Waals surface area contributed by atoms with E-state index >= 15 is 0 Å². The highest BCUT2D eigenvalue weighted by Crippen LogP contribution is 2.30. The molecule has 0 saturated carbocycles. The van der Waals surface area contributed by atoms with Crippen LogP contribution < -0.4 is 10.6 Å². The molecule has 2 bridgehead atoms. The molecule has 5 nitrogen and oxygen atoms in total. The third-order valence-electron chi connectivity index (χ3n) is 4.12. The summed E-state index contributed by atoms with van der Waals surface area (Å²) >= 11 is 1.44. The van der Waals surface area contributed by atoms with Gasteiger partial charge in [-0.1, -0.05) is 0 Å². The summed E-state index contributed by atoms with van der Waals surface area (Å²) in [5, 5.41) is 6.68. The molecule has 2 aliphatic heterocycles. The molecule has 3 atom stereocenters. The van der Waals surface area contributed by atoms with E-state index in [1.165, 1.54) is 30.6 Å². The van der Waals surface area contributed by atoms with E-state index in [1.807, 2.05) is 12.1 Å². The second kappa shape index (κ2) is 4.71. The van der Waals surface area contributed by atoms with Gasteiger partial charge in [0.05, 0.1) is 16.0 Å². The van der Waals surface area contributed by atoms with Gasteiger partial charge in [-0.25, -0.2) is 4.98 Å². The Kier molecular flexibility index (Phi) is 2.85. The first-order valence-electron chi connectivity index (χ1n) is 6.85. The van der Waals surface area contributed by atoms with Crippen molar-refractivity contribution >= 4 is 17.2 Å². The molecular weight excluding hydrogens is 274 g/mol. The number of nitrogens with one attached hydrogen (secondary N) is 2. The Bertz CT molecular complexity index is 622. The number of aromatic nitrogens is 1. The second-order valence-electron chi connectivity index (χ2n) is 5.39. The Labute approximate surface area is 120 Å². The average Bonchev–Trinajstić information content (AvgIpc) is 3.21. The van der Waals surface area contributed by atoms with Crippen LogP contribution in [0.2, 0.25) is 0 Å². The zero-order valence-electron chi connectivity index (χ0n) is 10.8. The first-order valence-corrected chi connectivity index (χ1v) is 7.67. The second-order valence-corrected chi connectivity index (χ2v) is 6.48. The van der Waals surface area contributed by atoms with Gasteiger partial charge in [-0.15, -0.1) is 11.3 Å². The van der Waals surface area contributed by atoms with Crippen molar-refractivity contribution < 1.29 is 9.21 Å². The molecule has 2 saturated heterocycles. The van der Waals surface area contributed by atoms with Gasteiger partial charge in [0.1, 0.15) is 0 Å². The molecule has 20 heavy (non-hydrogen) atoms. The molecule has 2 aromatic rings. The quantitative estimate of drug-likeness (QED) is 0.907. The van der Waals surface area contributed by atoms with Gasteiger partial charge in [-0.2, -0.15) is 0 Å². The van der Waals surface area contributed by atoms with Crippen LogP contribution in [0.3, 0.4) is 0 Å². The lowest BCUT2D eigenvalue weighted by molar-refractivity contribution is 0.0935. The fourth-order valence-electron chi connectivity index (χ4n) is 3.15. The van der Waals surface area contributed by atoms with Crippen LogP contribution in [0.1, 0.15) is 28.9 Å². The molecule has 3 unspecified atom stereocenters. The Morgan fingerprint density at radius 3 is 3.10 bits per heavy atom. The van der Waals surface area contributed by atoms with Crippen molar-refractivity contribution in [2.45, 2.75) is 37.4 Å². The summed E-state index contributed by atoms with van der Waals surface area (Å²) in [6, 6.07) is 5.07. The van der Waals surface area contributed by atoms with E-state index in [-0.39, 0.29) is 11.9 Å². The lowest BCUT2D eigenvalue weighted by atomic mass is 9.95. The summed E-state index contributed by atoms with van der Waals surface area (Å²) in [6.07, 6.45) is 6.52. The number of rotatable bonds is 3. The molecule has 6 heteroatoms. The summed E-state index contributed by atoms with van der Waals surface area (Å²) < 4.78 is 5.24. The number of carbonyl (C=O) groups is 1. The van der Waals surface area contributed by atoms with E-state index in [0.29, 0.717) is 17.8 Å². The number of fused-ring (bicyclic) bond motifs is 2. The van der Waals surface area contributed by atoms with Crippen molar-refractivity contribution in [3.8, 4) is 10.6 Å². The van der Waals surface area contributed by atoms with Crippen LogP contribution in [0.4, 0.5) is 0 Å². The van der Waals surface area contributed by atoms with E-state index in [1.54, 1.807) is 6.20 Å². The molecule has 4 rings (SSSR count). The van der Waals surface area contributed by atoms with Crippen molar-refractivity contribution in [3.63, 3.8) is 0 Å². The van der Waals surface area contributed by atoms with Crippen LogP contribution in [-0.4, -0.2) is 29.0 Å². The Morgan fingerprint density at radius 1 is 1.45 bits per heavy atom. The third kappa shape index (κ3) is 2.05. The zero-order chi connectivity index (χ0) is 13.5. The fraction of sp³-hybridized carbons (Fsp3) is 0.429. The molecule has 104 valence electrons. The number of carbonyl (C=O) groups excluding carboxylic acids is 1. The van der Waals surface area contributed by atoms with Gasteiger partial charge < -0.3 is 15.1 Å². The Morgan fingerprint density at radius 2 is 2.40 bits per heavy atom. The van der Waals surface area contributed by atoms with E-state index in [0.717, 1.165) is 16.2 Å². The van der Waals surface area contributed by atoms with Crippen molar-refractivity contribution in [1.82, 2.24) is 15.6 Å².